The third-order valence-electron chi connectivity index (χ3n) is 2.82. The van der Waals surface area contributed by atoms with Crippen LogP contribution in [-0.2, 0) is 6.42 Å². The standard InChI is InChI=1S/C13H12ClNO/c14-13-3-1-2-10-6-9(4-5-12(10)13)7-11(16)8-15/h1-3,6,11,16H,4-5,7H2. The summed E-state index contributed by atoms with van der Waals surface area (Å²) in [5.74, 6) is 0. The lowest BCUT2D eigenvalue weighted by molar-refractivity contribution is 0.229. The number of aliphatic hydroxyl groups excluding tert-OH is 1. The molecule has 0 saturated carbocycles. The van der Waals surface area contributed by atoms with E-state index in [1.165, 1.54) is 5.56 Å². The summed E-state index contributed by atoms with van der Waals surface area (Å²) in [6, 6.07) is 7.66. The van der Waals surface area contributed by atoms with Gasteiger partial charge in [0.1, 0.15) is 6.10 Å². The van der Waals surface area contributed by atoms with Crippen LogP contribution in [0, 0.1) is 11.3 Å². The van der Waals surface area contributed by atoms with Crippen LogP contribution in [0.4, 0.5) is 0 Å². The molecule has 0 bridgehead atoms. The lowest BCUT2D eigenvalue weighted by atomic mass is 9.90. The summed E-state index contributed by atoms with van der Waals surface area (Å²) >= 11 is 6.09. The highest BCUT2D eigenvalue weighted by atomic mass is 35.5. The van der Waals surface area contributed by atoms with E-state index in [0.29, 0.717) is 6.42 Å². The van der Waals surface area contributed by atoms with Crippen molar-refractivity contribution in [2.24, 2.45) is 0 Å². The molecule has 1 N–H and O–H groups in total. The predicted octanol–water partition coefficient (Wildman–Crippen LogP) is 2.94. The zero-order valence-electron chi connectivity index (χ0n) is 8.78. The Morgan fingerprint density at radius 1 is 1.44 bits per heavy atom. The van der Waals surface area contributed by atoms with Gasteiger partial charge in [0, 0.05) is 11.4 Å². The lowest BCUT2D eigenvalue weighted by Gasteiger charge is -2.17. The van der Waals surface area contributed by atoms with Crippen molar-refractivity contribution in [3.63, 3.8) is 0 Å². The van der Waals surface area contributed by atoms with Gasteiger partial charge in [-0.1, -0.05) is 35.4 Å². The third kappa shape index (κ3) is 2.27. The number of rotatable bonds is 2. The second-order valence-corrected chi connectivity index (χ2v) is 4.37. The quantitative estimate of drug-likeness (QED) is 0.799. The van der Waals surface area contributed by atoms with Crippen molar-refractivity contribution in [1.29, 1.82) is 5.26 Å². The van der Waals surface area contributed by atoms with Crippen molar-refractivity contribution in [1.82, 2.24) is 0 Å². The van der Waals surface area contributed by atoms with Gasteiger partial charge in [-0.3, -0.25) is 0 Å². The first-order valence-electron chi connectivity index (χ1n) is 5.25. The Bertz CT molecular complexity index is 473. The zero-order valence-corrected chi connectivity index (χ0v) is 9.54. The SMILES string of the molecule is N#CC(O)CC1=Cc2cccc(Cl)c2CC1. The summed E-state index contributed by atoms with van der Waals surface area (Å²) in [6.07, 6.45) is 3.33. The number of aliphatic hydroxyl groups is 1. The molecular formula is C13H12ClNO. The van der Waals surface area contributed by atoms with Crippen LogP contribution in [0.25, 0.3) is 6.08 Å². The maximum atomic E-state index is 9.28. The van der Waals surface area contributed by atoms with Gasteiger partial charge in [-0.05, 0) is 30.0 Å². The first-order chi connectivity index (χ1) is 7.70. The molecule has 16 heavy (non-hydrogen) atoms. The Hall–Kier alpha value is -1.30. The third-order valence-corrected chi connectivity index (χ3v) is 3.17. The van der Waals surface area contributed by atoms with Gasteiger partial charge in [0.05, 0.1) is 6.07 Å². The highest BCUT2D eigenvalue weighted by molar-refractivity contribution is 6.31. The summed E-state index contributed by atoms with van der Waals surface area (Å²) in [5.41, 5.74) is 3.39. The van der Waals surface area contributed by atoms with Crippen LogP contribution in [0.3, 0.4) is 0 Å². The second-order valence-electron chi connectivity index (χ2n) is 3.96. The fourth-order valence-electron chi connectivity index (χ4n) is 2.01. The zero-order chi connectivity index (χ0) is 11.5. The first-order valence-corrected chi connectivity index (χ1v) is 5.63. The molecule has 1 unspecified atom stereocenters. The lowest BCUT2D eigenvalue weighted by Crippen LogP contribution is -2.07. The van der Waals surface area contributed by atoms with Gasteiger partial charge in [-0.25, -0.2) is 0 Å². The van der Waals surface area contributed by atoms with E-state index < -0.39 is 6.10 Å². The van der Waals surface area contributed by atoms with Crippen molar-refractivity contribution < 1.29 is 5.11 Å². The molecule has 3 heteroatoms. The van der Waals surface area contributed by atoms with Crippen LogP contribution in [-0.4, -0.2) is 11.2 Å². The van der Waals surface area contributed by atoms with E-state index in [1.54, 1.807) is 0 Å². The normalized spacial score (nSPS) is 15.9. The van der Waals surface area contributed by atoms with Crippen molar-refractivity contribution in [2.75, 3.05) is 0 Å². The van der Waals surface area contributed by atoms with E-state index in [4.69, 9.17) is 16.9 Å². The van der Waals surface area contributed by atoms with E-state index >= 15 is 0 Å². The number of nitrogens with zero attached hydrogens (tertiary/aromatic N) is 1. The van der Waals surface area contributed by atoms with Gasteiger partial charge in [-0.2, -0.15) is 5.26 Å². The van der Waals surface area contributed by atoms with Crippen LogP contribution in [0.5, 0.6) is 0 Å². The number of nitriles is 1. The molecule has 1 aliphatic carbocycles. The maximum absolute atomic E-state index is 9.28. The van der Waals surface area contributed by atoms with E-state index in [9.17, 15) is 5.11 Å². The predicted molar refractivity (Wildman–Crippen MR) is 64.0 cm³/mol. The number of halogens is 1. The van der Waals surface area contributed by atoms with Crippen molar-refractivity contribution in [3.05, 3.63) is 39.9 Å². The fourth-order valence-corrected chi connectivity index (χ4v) is 2.28. The number of fused-ring (bicyclic) bond motifs is 1. The van der Waals surface area contributed by atoms with Crippen molar-refractivity contribution >= 4 is 17.7 Å². The summed E-state index contributed by atoms with van der Waals surface area (Å²) in [7, 11) is 0. The van der Waals surface area contributed by atoms with Crippen LogP contribution in [0.2, 0.25) is 5.02 Å². The van der Waals surface area contributed by atoms with Crippen LogP contribution in [0.1, 0.15) is 24.0 Å². The minimum atomic E-state index is -0.896. The van der Waals surface area contributed by atoms with E-state index in [2.05, 4.69) is 0 Å². The maximum Gasteiger partial charge on any atom is 0.144 e. The molecule has 0 saturated heterocycles. The summed E-state index contributed by atoms with van der Waals surface area (Å²) in [4.78, 5) is 0. The Labute approximate surface area is 99.8 Å². The Morgan fingerprint density at radius 3 is 3.00 bits per heavy atom. The molecule has 0 aliphatic heterocycles. The molecule has 1 aromatic rings. The molecule has 0 aromatic heterocycles. The minimum Gasteiger partial charge on any atom is -0.378 e. The first kappa shape index (κ1) is 11.2. The summed E-state index contributed by atoms with van der Waals surface area (Å²) in [5, 5.41) is 18.6. The summed E-state index contributed by atoms with van der Waals surface area (Å²) in [6.45, 7) is 0. The second kappa shape index (κ2) is 4.69. The molecule has 0 fully saturated rings. The fraction of sp³-hybridized carbons (Fsp3) is 0.308. The van der Waals surface area contributed by atoms with Gasteiger partial charge in [0.25, 0.3) is 0 Å². The highest BCUT2D eigenvalue weighted by Crippen LogP contribution is 2.30. The molecule has 2 rings (SSSR count). The average molecular weight is 234 g/mol. The Morgan fingerprint density at radius 2 is 2.25 bits per heavy atom. The molecule has 1 atom stereocenters. The molecule has 1 aromatic carbocycles. The molecule has 0 heterocycles. The van der Waals surface area contributed by atoms with Gasteiger partial charge < -0.3 is 5.11 Å². The van der Waals surface area contributed by atoms with E-state index in [0.717, 1.165) is 29.0 Å². The van der Waals surface area contributed by atoms with Gasteiger partial charge in [-0.15, -0.1) is 0 Å². The molecule has 1 aliphatic rings. The Balaban J connectivity index is 2.26. The van der Waals surface area contributed by atoms with Gasteiger partial charge >= 0.3 is 0 Å². The van der Waals surface area contributed by atoms with Crippen LogP contribution in [0.15, 0.2) is 23.8 Å². The van der Waals surface area contributed by atoms with Crippen LogP contribution < -0.4 is 0 Å². The summed E-state index contributed by atoms with van der Waals surface area (Å²) < 4.78 is 0. The molecule has 0 radical (unpaired) electrons. The largest absolute Gasteiger partial charge is 0.378 e. The Kier molecular flexibility index (Phi) is 3.28. The van der Waals surface area contributed by atoms with Gasteiger partial charge in [0.15, 0.2) is 0 Å². The number of hydrogen-bond acceptors (Lipinski definition) is 2. The molecule has 2 nitrogen and oxygen atoms in total. The van der Waals surface area contributed by atoms with E-state index in [-0.39, 0.29) is 0 Å². The smallest absolute Gasteiger partial charge is 0.144 e. The molecular weight excluding hydrogens is 222 g/mol. The van der Waals surface area contributed by atoms with E-state index in [1.807, 2.05) is 30.3 Å². The molecule has 82 valence electrons. The molecule has 0 amide bonds. The molecule has 0 spiro atoms. The highest BCUT2D eigenvalue weighted by Gasteiger charge is 2.14. The number of hydrogen-bond donors (Lipinski definition) is 1. The van der Waals surface area contributed by atoms with Crippen molar-refractivity contribution in [3.8, 4) is 6.07 Å². The van der Waals surface area contributed by atoms with Crippen LogP contribution >= 0.6 is 11.6 Å². The average Bonchev–Trinajstić information content (AvgIpc) is 2.29. The monoisotopic (exact) mass is 233 g/mol. The minimum absolute atomic E-state index is 0.433. The van der Waals surface area contributed by atoms with Gasteiger partial charge in [0.2, 0.25) is 0 Å². The topological polar surface area (TPSA) is 44.0 Å². The van der Waals surface area contributed by atoms with Crippen molar-refractivity contribution in [2.45, 2.75) is 25.4 Å². The number of benzene rings is 1.